The zero-order chi connectivity index (χ0) is 27.6. The normalized spacial score (nSPS) is 14.7. The van der Waals surface area contributed by atoms with Crippen molar-refractivity contribution in [2.45, 2.75) is 30.6 Å². The second kappa shape index (κ2) is 11.8. The molecule has 4 heterocycles. The number of anilines is 1. The predicted octanol–water partition coefficient (Wildman–Crippen LogP) is 3.42. The maximum absolute atomic E-state index is 13.3. The molecule has 0 saturated carbocycles. The van der Waals surface area contributed by atoms with Gasteiger partial charge in [0.15, 0.2) is 5.65 Å². The predicted molar refractivity (Wildman–Crippen MR) is 154 cm³/mol. The number of aryl methyl sites for hydroxylation is 1. The van der Waals surface area contributed by atoms with E-state index in [2.05, 4.69) is 21.5 Å². The Hall–Kier alpha value is -4.70. The average Bonchev–Trinajstić information content (AvgIpc) is 3.62. The molecule has 0 radical (unpaired) electrons. The standard InChI is InChI=1S/C29H26N8O2S.H2O/c1-20-3-7-23(8-4-20)37-27(33-29(38)25-19-32-36-14-2-13-31-28(25)36)17-26(34-37)22-11-15-35(16-12-22)40(39)24-9-5-21(18-30)6-10-24;/h2-10,13-14,17,19,22H,11-12,15-16H2,1H3,(H,33,38);1H2. The van der Waals surface area contributed by atoms with Gasteiger partial charge >= 0.3 is 0 Å². The molecule has 5 aromatic rings. The largest absolute Gasteiger partial charge is 0.412 e. The molecule has 1 unspecified atom stereocenters. The molecule has 6 rings (SSSR count). The van der Waals surface area contributed by atoms with Crippen molar-refractivity contribution in [1.82, 2.24) is 28.7 Å². The Kier molecular flexibility index (Phi) is 8.02. The highest BCUT2D eigenvalue weighted by Gasteiger charge is 2.28. The lowest BCUT2D eigenvalue weighted by Crippen LogP contribution is -2.34. The van der Waals surface area contributed by atoms with Gasteiger partial charge in [0.25, 0.3) is 5.91 Å². The van der Waals surface area contributed by atoms with Gasteiger partial charge in [-0.25, -0.2) is 22.7 Å². The van der Waals surface area contributed by atoms with Crippen molar-refractivity contribution in [2.24, 2.45) is 0 Å². The second-order valence-electron chi connectivity index (χ2n) is 9.69. The van der Waals surface area contributed by atoms with Crippen LogP contribution in [0.25, 0.3) is 11.3 Å². The Morgan fingerprint density at radius 2 is 1.83 bits per heavy atom. The van der Waals surface area contributed by atoms with E-state index in [4.69, 9.17) is 10.4 Å². The minimum Gasteiger partial charge on any atom is -0.412 e. The molecule has 3 aromatic heterocycles. The monoisotopic (exact) mass is 568 g/mol. The van der Waals surface area contributed by atoms with E-state index >= 15 is 0 Å². The maximum Gasteiger partial charge on any atom is 0.262 e. The number of carbonyl (C=O) groups is 1. The van der Waals surface area contributed by atoms with E-state index in [0.29, 0.717) is 40.6 Å². The molecular formula is C29H28N8O3S. The van der Waals surface area contributed by atoms with Crippen molar-refractivity contribution in [3.05, 3.63) is 102 Å². The zero-order valence-corrected chi connectivity index (χ0v) is 23.1. The third-order valence-electron chi connectivity index (χ3n) is 7.06. The molecule has 41 heavy (non-hydrogen) atoms. The fourth-order valence-electron chi connectivity index (χ4n) is 4.85. The highest BCUT2D eigenvalue weighted by Crippen LogP contribution is 2.32. The summed E-state index contributed by atoms with van der Waals surface area (Å²) in [5, 5.41) is 21.2. The summed E-state index contributed by atoms with van der Waals surface area (Å²) in [5.41, 5.74) is 4.23. The third kappa shape index (κ3) is 5.64. The van der Waals surface area contributed by atoms with E-state index in [1.54, 1.807) is 51.9 Å². The molecule has 0 spiro atoms. The van der Waals surface area contributed by atoms with Crippen molar-refractivity contribution >= 4 is 28.4 Å². The molecule has 2 aromatic carbocycles. The van der Waals surface area contributed by atoms with E-state index in [1.807, 2.05) is 41.6 Å². The van der Waals surface area contributed by atoms with Gasteiger partial charge in [-0.2, -0.15) is 15.5 Å². The molecule has 208 valence electrons. The van der Waals surface area contributed by atoms with Crippen molar-refractivity contribution in [3.8, 4) is 11.8 Å². The lowest BCUT2D eigenvalue weighted by atomic mass is 9.95. The van der Waals surface area contributed by atoms with Crippen LogP contribution in [0.2, 0.25) is 0 Å². The van der Waals surface area contributed by atoms with E-state index in [1.165, 1.54) is 6.20 Å². The fourth-order valence-corrected chi connectivity index (χ4v) is 6.06. The molecule has 3 N–H and O–H groups in total. The van der Waals surface area contributed by atoms with Crippen LogP contribution in [0.4, 0.5) is 5.82 Å². The first kappa shape index (κ1) is 27.9. The van der Waals surface area contributed by atoms with Crippen LogP contribution in [0, 0.1) is 18.3 Å². The number of fused-ring (bicyclic) bond motifs is 1. The number of carbonyl (C=O) groups excluding carboxylic acids is 1. The van der Waals surface area contributed by atoms with Crippen LogP contribution in [0.1, 0.15) is 45.9 Å². The highest BCUT2D eigenvalue weighted by atomic mass is 32.2. The van der Waals surface area contributed by atoms with Gasteiger partial charge in [-0.05, 0) is 62.2 Å². The van der Waals surface area contributed by atoms with Gasteiger partial charge in [-0.15, -0.1) is 0 Å². The summed E-state index contributed by atoms with van der Waals surface area (Å²) in [5.74, 6) is 0.388. The second-order valence-corrected chi connectivity index (χ2v) is 11.2. The van der Waals surface area contributed by atoms with E-state index in [0.717, 1.165) is 29.8 Å². The molecule has 1 aliphatic heterocycles. The number of hydrogen-bond donors (Lipinski definition) is 1. The van der Waals surface area contributed by atoms with Gasteiger partial charge < -0.3 is 10.8 Å². The van der Waals surface area contributed by atoms with Crippen molar-refractivity contribution in [2.75, 3.05) is 18.4 Å². The first-order valence-corrected chi connectivity index (χ1v) is 14.0. The van der Waals surface area contributed by atoms with Gasteiger partial charge in [0.2, 0.25) is 0 Å². The Bertz CT molecular complexity index is 1750. The lowest BCUT2D eigenvalue weighted by Gasteiger charge is -2.30. The van der Waals surface area contributed by atoms with Gasteiger partial charge in [0, 0.05) is 37.5 Å². The number of rotatable bonds is 6. The van der Waals surface area contributed by atoms with E-state index in [9.17, 15) is 9.00 Å². The topological polar surface area (TPSA) is 153 Å². The fraction of sp³-hybridized carbons (Fsp3) is 0.207. The van der Waals surface area contributed by atoms with Crippen molar-refractivity contribution in [3.63, 3.8) is 0 Å². The first-order valence-electron chi connectivity index (χ1n) is 12.9. The Balaban J connectivity index is 0.00000337. The summed E-state index contributed by atoms with van der Waals surface area (Å²) in [6.07, 6.45) is 6.43. The van der Waals surface area contributed by atoms with Crippen LogP contribution in [0.3, 0.4) is 0 Å². The minimum absolute atomic E-state index is 0. The van der Waals surface area contributed by atoms with Gasteiger partial charge in [-0.1, -0.05) is 17.7 Å². The molecule has 1 fully saturated rings. The van der Waals surface area contributed by atoms with E-state index in [-0.39, 0.29) is 17.3 Å². The van der Waals surface area contributed by atoms with E-state index < -0.39 is 11.0 Å². The third-order valence-corrected chi connectivity index (χ3v) is 8.57. The SMILES string of the molecule is Cc1ccc(-n2nc(C3CCN(S(=O)c4ccc(C#N)cc4)CC3)cc2NC(=O)c2cnn3cccnc23)cc1.O. The Morgan fingerprint density at radius 1 is 1.10 bits per heavy atom. The summed E-state index contributed by atoms with van der Waals surface area (Å²) in [6.45, 7) is 3.31. The Morgan fingerprint density at radius 3 is 2.54 bits per heavy atom. The van der Waals surface area contributed by atoms with Crippen LogP contribution < -0.4 is 5.32 Å². The maximum atomic E-state index is 13.3. The molecule has 1 saturated heterocycles. The summed E-state index contributed by atoms with van der Waals surface area (Å²) >= 11 is 0. The number of aromatic nitrogens is 5. The minimum atomic E-state index is -1.29. The van der Waals surface area contributed by atoms with Crippen LogP contribution >= 0.6 is 0 Å². The molecule has 11 nitrogen and oxygen atoms in total. The summed E-state index contributed by atoms with van der Waals surface area (Å²) in [7, 11) is -1.29. The molecule has 0 aliphatic carbocycles. The first-order chi connectivity index (χ1) is 19.5. The number of hydrogen-bond acceptors (Lipinski definition) is 6. The van der Waals surface area contributed by atoms with Crippen LogP contribution in [-0.4, -0.2) is 57.4 Å². The molecule has 1 aliphatic rings. The van der Waals surface area contributed by atoms with Crippen LogP contribution in [0.5, 0.6) is 0 Å². The molecule has 0 bridgehead atoms. The smallest absolute Gasteiger partial charge is 0.262 e. The summed E-state index contributed by atoms with van der Waals surface area (Å²) in [6, 6.07) is 20.6. The average molecular weight is 569 g/mol. The quantitative estimate of drug-likeness (QED) is 0.331. The number of nitrogens with zero attached hydrogens (tertiary/aromatic N) is 7. The Labute approximate surface area is 239 Å². The van der Waals surface area contributed by atoms with Crippen molar-refractivity contribution < 1.29 is 14.5 Å². The molecule has 1 atom stereocenters. The molecular weight excluding hydrogens is 540 g/mol. The van der Waals surface area contributed by atoms with Gasteiger partial charge in [-0.3, -0.25) is 4.79 Å². The summed E-state index contributed by atoms with van der Waals surface area (Å²) < 4.78 is 18.4. The molecule has 1 amide bonds. The van der Waals surface area contributed by atoms with Crippen LogP contribution in [-0.2, 0) is 11.0 Å². The molecule has 12 heteroatoms. The number of amides is 1. The van der Waals surface area contributed by atoms with Gasteiger partial charge in [0.1, 0.15) is 22.4 Å². The van der Waals surface area contributed by atoms with Crippen LogP contribution in [0.15, 0.2) is 84.1 Å². The number of benzene rings is 2. The number of nitriles is 1. The van der Waals surface area contributed by atoms with Crippen molar-refractivity contribution in [1.29, 1.82) is 5.26 Å². The van der Waals surface area contributed by atoms with Gasteiger partial charge in [0.05, 0.1) is 34.1 Å². The summed E-state index contributed by atoms with van der Waals surface area (Å²) in [4.78, 5) is 18.3. The lowest BCUT2D eigenvalue weighted by molar-refractivity contribution is 0.102. The number of piperidine rings is 1. The zero-order valence-electron chi connectivity index (χ0n) is 22.3. The highest BCUT2D eigenvalue weighted by molar-refractivity contribution is 7.82. The number of nitrogens with one attached hydrogen (secondary N) is 1.